The number of rotatable bonds is 8. The summed E-state index contributed by atoms with van der Waals surface area (Å²) in [6.07, 6.45) is 4.81. The van der Waals surface area contributed by atoms with Crippen LogP contribution in [0.15, 0.2) is 60.9 Å². The number of benzene rings is 2. The van der Waals surface area contributed by atoms with Crippen LogP contribution in [0, 0.1) is 6.92 Å². The van der Waals surface area contributed by atoms with E-state index in [0.717, 1.165) is 46.9 Å². The Morgan fingerprint density at radius 2 is 1.91 bits per heavy atom. The Hall–Kier alpha value is -4.00. The van der Waals surface area contributed by atoms with E-state index in [1.807, 2.05) is 32.0 Å². The lowest BCUT2D eigenvalue weighted by molar-refractivity contribution is 0.243. The van der Waals surface area contributed by atoms with E-state index in [2.05, 4.69) is 74.0 Å². The maximum atomic E-state index is 5.85. The van der Waals surface area contributed by atoms with Crippen LogP contribution in [-0.2, 0) is 6.42 Å². The molecule has 7 nitrogen and oxygen atoms in total. The van der Waals surface area contributed by atoms with Gasteiger partial charge >= 0.3 is 0 Å². The summed E-state index contributed by atoms with van der Waals surface area (Å²) in [6, 6.07) is 16.4. The van der Waals surface area contributed by atoms with Gasteiger partial charge in [0.1, 0.15) is 11.6 Å². The molecule has 0 radical (unpaired) electrons. The minimum absolute atomic E-state index is 0.151. The van der Waals surface area contributed by atoms with Crippen LogP contribution in [0.5, 0.6) is 5.75 Å². The first-order chi connectivity index (χ1) is 16.0. The molecule has 0 aliphatic heterocycles. The fourth-order valence-corrected chi connectivity index (χ4v) is 4.04. The molecule has 0 aliphatic carbocycles. The van der Waals surface area contributed by atoms with Gasteiger partial charge in [0, 0.05) is 52.1 Å². The Balaban J connectivity index is 1.24. The first-order valence-corrected chi connectivity index (χ1v) is 11.2. The monoisotopic (exact) mass is 440 g/mol. The van der Waals surface area contributed by atoms with Crippen LogP contribution in [-0.4, -0.2) is 32.6 Å². The average molecular weight is 441 g/mol. The highest BCUT2D eigenvalue weighted by atomic mass is 16.5. The van der Waals surface area contributed by atoms with Crippen LogP contribution in [0.25, 0.3) is 21.8 Å². The number of ether oxygens (including phenoxy) is 1. The molecule has 3 heterocycles. The zero-order chi connectivity index (χ0) is 22.8. The largest absolute Gasteiger partial charge is 0.491 e. The molecule has 0 saturated carbocycles. The van der Waals surface area contributed by atoms with Crippen molar-refractivity contribution in [3.63, 3.8) is 0 Å². The maximum absolute atomic E-state index is 5.85. The van der Waals surface area contributed by atoms with Gasteiger partial charge < -0.3 is 25.3 Å². The predicted molar refractivity (Wildman–Crippen MR) is 135 cm³/mol. The molecule has 0 fully saturated rings. The Morgan fingerprint density at radius 1 is 1.03 bits per heavy atom. The van der Waals surface area contributed by atoms with Crippen molar-refractivity contribution in [2.24, 2.45) is 0 Å². The molecule has 3 aromatic heterocycles. The number of fused-ring (bicyclic) bond motifs is 2. The summed E-state index contributed by atoms with van der Waals surface area (Å²) >= 11 is 0. The van der Waals surface area contributed by atoms with Crippen molar-refractivity contribution in [3.05, 3.63) is 72.2 Å². The van der Waals surface area contributed by atoms with Crippen molar-refractivity contribution in [2.45, 2.75) is 33.3 Å². The first-order valence-electron chi connectivity index (χ1n) is 11.2. The van der Waals surface area contributed by atoms with Crippen LogP contribution >= 0.6 is 0 Å². The molecule has 7 heteroatoms. The second kappa shape index (κ2) is 8.86. The molecule has 0 spiro atoms. The third kappa shape index (κ3) is 4.77. The molecule has 0 saturated heterocycles. The fraction of sp³-hybridized carbons (Fsp3) is 0.231. The predicted octanol–water partition coefficient (Wildman–Crippen LogP) is 5.93. The van der Waals surface area contributed by atoms with Gasteiger partial charge in [0.25, 0.3) is 0 Å². The fourth-order valence-electron chi connectivity index (χ4n) is 4.04. The number of hydrogen-bond donors (Lipinski definition) is 4. The topological polar surface area (TPSA) is 90.7 Å². The Bertz CT molecular complexity index is 1400. The summed E-state index contributed by atoms with van der Waals surface area (Å²) in [5.41, 5.74) is 5.61. The molecular weight excluding hydrogens is 412 g/mol. The molecular formula is C26H28N6O. The van der Waals surface area contributed by atoms with Crippen LogP contribution in [0.3, 0.4) is 0 Å². The van der Waals surface area contributed by atoms with Gasteiger partial charge in [0.05, 0.1) is 6.10 Å². The van der Waals surface area contributed by atoms with Crippen LogP contribution in [0.1, 0.15) is 25.1 Å². The Kier molecular flexibility index (Phi) is 5.60. The summed E-state index contributed by atoms with van der Waals surface area (Å²) in [6.45, 7) is 6.85. The molecule has 5 aromatic rings. The first kappa shape index (κ1) is 20.9. The third-order valence-electron chi connectivity index (χ3n) is 5.47. The highest BCUT2D eigenvalue weighted by Crippen LogP contribution is 2.25. The van der Waals surface area contributed by atoms with Gasteiger partial charge in [-0.15, -0.1) is 0 Å². The summed E-state index contributed by atoms with van der Waals surface area (Å²) in [7, 11) is 0. The van der Waals surface area contributed by atoms with Crippen LogP contribution in [0.4, 0.5) is 17.5 Å². The standard InChI is InChI=1S/C26H28N6O/c1-16(2)33-21-5-7-24-22(14-21)18(15-29-24)8-10-27-26-28-11-9-25(32-26)31-20-4-6-23-19(13-20)12-17(3)30-23/h4-7,9,11-16,29-30H,8,10H2,1-3H3,(H2,27,28,31,32). The Labute approximate surface area is 192 Å². The molecule has 4 N–H and O–H groups in total. The lowest BCUT2D eigenvalue weighted by Gasteiger charge is -2.10. The SMILES string of the molecule is Cc1cc2cc(Nc3ccnc(NCCc4c[nH]c5ccc(OC(C)C)cc45)n3)ccc2[nH]1. The van der Waals surface area contributed by atoms with Crippen LogP contribution in [0.2, 0.25) is 0 Å². The maximum Gasteiger partial charge on any atom is 0.224 e. The van der Waals surface area contributed by atoms with E-state index in [1.54, 1.807) is 6.20 Å². The van der Waals surface area contributed by atoms with Gasteiger partial charge in [-0.1, -0.05) is 0 Å². The van der Waals surface area contributed by atoms with E-state index in [9.17, 15) is 0 Å². The molecule has 33 heavy (non-hydrogen) atoms. The van der Waals surface area contributed by atoms with E-state index in [-0.39, 0.29) is 6.10 Å². The normalized spacial score (nSPS) is 11.4. The third-order valence-corrected chi connectivity index (χ3v) is 5.47. The van der Waals surface area contributed by atoms with Crippen molar-refractivity contribution in [3.8, 4) is 5.75 Å². The summed E-state index contributed by atoms with van der Waals surface area (Å²) in [5.74, 6) is 2.24. The molecule has 0 bridgehead atoms. The summed E-state index contributed by atoms with van der Waals surface area (Å²) < 4.78 is 5.85. The number of nitrogens with zero attached hydrogens (tertiary/aromatic N) is 2. The van der Waals surface area contributed by atoms with Crippen LogP contribution < -0.4 is 15.4 Å². The van der Waals surface area contributed by atoms with Gasteiger partial charge in [-0.05, 0) is 81.3 Å². The van der Waals surface area contributed by atoms with Gasteiger partial charge in [0.2, 0.25) is 5.95 Å². The second-order valence-electron chi connectivity index (χ2n) is 8.51. The zero-order valence-electron chi connectivity index (χ0n) is 19.1. The van der Waals surface area contributed by atoms with Gasteiger partial charge in [0.15, 0.2) is 0 Å². The quantitative estimate of drug-likeness (QED) is 0.240. The number of aromatic amines is 2. The van der Waals surface area contributed by atoms with Gasteiger partial charge in [-0.25, -0.2) is 4.98 Å². The van der Waals surface area contributed by atoms with Crippen molar-refractivity contribution >= 4 is 39.3 Å². The minimum Gasteiger partial charge on any atom is -0.491 e. The van der Waals surface area contributed by atoms with E-state index >= 15 is 0 Å². The minimum atomic E-state index is 0.151. The highest BCUT2D eigenvalue weighted by Gasteiger charge is 2.07. The zero-order valence-corrected chi connectivity index (χ0v) is 19.1. The van der Waals surface area contributed by atoms with Gasteiger partial charge in [-0.3, -0.25) is 0 Å². The van der Waals surface area contributed by atoms with Crippen molar-refractivity contribution in [2.75, 3.05) is 17.2 Å². The second-order valence-corrected chi connectivity index (χ2v) is 8.51. The number of hydrogen-bond acceptors (Lipinski definition) is 5. The lowest BCUT2D eigenvalue weighted by Crippen LogP contribution is -2.08. The van der Waals surface area contributed by atoms with Crippen molar-refractivity contribution in [1.29, 1.82) is 0 Å². The van der Waals surface area contributed by atoms with Gasteiger partial charge in [-0.2, -0.15) is 4.98 Å². The number of aryl methyl sites for hydroxylation is 1. The highest BCUT2D eigenvalue weighted by molar-refractivity contribution is 5.85. The molecule has 168 valence electrons. The van der Waals surface area contributed by atoms with E-state index in [4.69, 9.17) is 4.74 Å². The van der Waals surface area contributed by atoms with Crippen molar-refractivity contribution in [1.82, 2.24) is 19.9 Å². The number of nitrogens with one attached hydrogen (secondary N) is 4. The number of anilines is 3. The molecule has 0 aliphatic rings. The number of aromatic nitrogens is 4. The molecule has 0 amide bonds. The molecule has 2 aromatic carbocycles. The van der Waals surface area contributed by atoms with E-state index < -0.39 is 0 Å². The lowest BCUT2D eigenvalue weighted by atomic mass is 10.1. The molecule has 0 unspecified atom stereocenters. The number of H-pyrrole nitrogens is 2. The Morgan fingerprint density at radius 3 is 2.79 bits per heavy atom. The summed E-state index contributed by atoms with van der Waals surface area (Å²) in [4.78, 5) is 15.7. The average Bonchev–Trinajstić information content (AvgIpc) is 3.35. The molecule has 0 atom stereocenters. The van der Waals surface area contributed by atoms with Crippen molar-refractivity contribution < 1.29 is 4.74 Å². The van der Waals surface area contributed by atoms with E-state index in [1.165, 1.54) is 16.3 Å². The molecule has 5 rings (SSSR count). The summed E-state index contributed by atoms with van der Waals surface area (Å²) in [5, 5.41) is 9.07. The van der Waals surface area contributed by atoms with E-state index in [0.29, 0.717) is 5.95 Å². The smallest absolute Gasteiger partial charge is 0.224 e.